The van der Waals surface area contributed by atoms with E-state index < -0.39 is 11.6 Å². The Morgan fingerprint density at radius 1 is 0.474 bits per heavy atom. The molecule has 0 aromatic heterocycles. The van der Waals surface area contributed by atoms with Gasteiger partial charge >= 0.3 is 0 Å². The number of carbonyl (C=O) groups is 2. The second-order valence-corrected chi connectivity index (χ2v) is 11.6. The molecular formula is C30H22O6S2. The van der Waals surface area contributed by atoms with Gasteiger partial charge in [0.1, 0.15) is 23.0 Å². The number of rotatable bonds is 5. The molecule has 0 atom stereocenters. The summed E-state index contributed by atoms with van der Waals surface area (Å²) in [6.07, 6.45) is 0. The summed E-state index contributed by atoms with van der Waals surface area (Å²) < 4.78 is 0. The number of ketones is 2. The molecule has 0 bridgehead atoms. The molecule has 6 nitrogen and oxygen atoms in total. The largest absolute Gasteiger partial charge is 0.507 e. The van der Waals surface area contributed by atoms with Crippen molar-refractivity contribution in [1.82, 2.24) is 0 Å². The summed E-state index contributed by atoms with van der Waals surface area (Å²) in [7, 11) is 0. The van der Waals surface area contributed by atoms with Crippen LogP contribution >= 0.6 is 23.5 Å². The number of benzene rings is 4. The van der Waals surface area contributed by atoms with E-state index in [1.54, 1.807) is 47.8 Å². The molecule has 0 aliphatic heterocycles. The van der Waals surface area contributed by atoms with Gasteiger partial charge in [0.15, 0.2) is 0 Å². The van der Waals surface area contributed by atoms with Gasteiger partial charge in [0, 0.05) is 11.5 Å². The van der Waals surface area contributed by atoms with Crippen LogP contribution in [0.15, 0.2) is 72.8 Å². The molecule has 4 aromatic rings. The normalized spacial score (nSPS) is 14.5. The zero-order valence-corrected chi connectivity index (χ0v) is 21.6. The maximum atomic E-state index is 13.1. The van der Waals surface area contributed by atoms with Gasteiger partial charge in [-0.2, -0.15) is 0 Å². The number of carbonyl (C=O) groups excluding carboxylic acids is 2. The van der Waals surface area contributed by atoms with Crippen LogP contribution in [0.25, 0.3) is 0 Å². The minimum Gasteiger partial charge on any atom is -0.507 e. The highest BCUT2D eigenvalue weighted by molar-refractivity contribution is 8.03. The number of hydrogen-bond acceptors (Lipinski definition) is 8. The Balaban J connectivity index is 1.29. The molecule has 6 rings (SSSR count). The molecule has 8 heteroatoms. The van der Waals surface area contributed by atoms with Crippen molar-refractivity contribution < 1.29 is 30.0 Å². The first-order valence-corrected chi connectivity index (χ1v) is 14.1. The number of hydrogen-bond donors (Lipinski definition) is 4. The Morgan fingerprint density at radius 2 is 0.737 bits per heavy atom. The molecule has 4 N–H and O–H groups in total. The van der Waals surface area contributed by atoms with Gasteiger partial charge in [0.25, 0.3) is 0 Å². The molecule has 0 saturated carbocycles. The van der Waals surface area contributed by atoms with E-state index in [4.69, 9.17) is 0 Å². The summed E-state index contributed by atoms with van der Waals surface area (Å²) in [4.78, 5) is 26.3. The zero-order valence-electron chi connectivity index (χ0n) is 19.9. The van der Waals surface area contributed by atoms with Crippen molar-refractivity contribution in [2.24, 2.45) is 0 Å². The quantitative estimate of drug-likeness (QED) is 0.229. The number of thioether (sulfide) groups is 2. The maximum absolute atomic E-state index is 13.1. The molecule has 0 unspecified atom stereocenters. The van der Waals surface area contributed by atoms with Crippen molar-refractivity contribution in [2.75, 3.05) is 11.5 Å². The topological polar surface area (TPSA) is 115 Å². The minimum absolute atomic E-state index is 0.110. The molecule has 0 heterocycles. The van der Waals surface area contributed by atoms with Crippen LogP contribution in [-0.2, 0) is 0 Å². The SMILES string of the molecule is O=C1c2c(O)cccc2C(SCCSC2c3cccc(O)c3C(=O)c3c(O)cccc32)c2cccc(O)c21. The van der Waals surface area contributed by atoms with Gasteiger partial charge in [-0.3, -0.25) is 9.59 Å². The van der Waals surface area contributed by atoms with Crippen molar-refractivity contribution >= 4 is 35.1 Å². The molecule has 2 aliphatic rings. The van der Waals surface area contributed by atoms with Crippen LogP contribution in [0.3, 0.4) is 0 Å². The van der Waals surface area contributed by atoms with Crippen LogP contribution in [0.4, 0.5) is 0 Å². The van der Waals surface area contributed by atoms with E-state index in [1.807, 2.05) is 24.3 Å². The third kappa shape index (κ3) is 3.75. The summed E-state index contributed by atoms with van der Waals surface area (Å²) in [6, 6.07) is 20.1. The first kappa shape index (κ1) is 24.5. The van der Waals surface area contributed by atoms with Gasteiger partial charge in [-0.15, -0.1) is 23.5 Å². The van der Waals surface area contributed by atoms with Crippen molar-refractivity contribution in [3.05, 3.63) is 117 Å². The Morgan fingerprint density at radius 3 is 1.00 bits per heavy atom. The molecule has 2 aliphatic carbocycles. The lowest BCUT2D eigenvalue weighted by molar-refractivity contribution is 0.102. The van der Waals surface area contributed by atoms with Gasteiger partial charge < -0.3 is 20.4 Å². The summed E-state index contributed by atoms with van der Waals surface area (Å²) >= 11 is 3.20. The van der Waals surface area contributed by atoms with Crippen molar-refractivity contribution in [3.63, 3.8) is 0 Å². The smallest absolute Gasteiger partial charge is 0.201 e. The van der Waals surface area contributed by atoms with E-state index >= 15 is 0 Å². The number of phenolic OH excluding ortho intramolecular Hbond substituents is 4. The second-order valence-electron chi connectivity index (χ2n) is 9.13. The van der Waals surface area contributed by atoms with E-state index in [9.17, 15) is 30.0 Å². The molecule has 38 heavy (non-hydrogen) atoms. The first-order chi connectivity index (χ1) is 18.4. The second kappa shape index (κ2) is 9.45. The Hall–Kier alpha value is -3.88. The lowest BCUT2D eigenvalue weighted by atomic mass is 9.83. The van der Waals surface area contributed by atoms with Crippen LogP contribution in [0, 0.1) is 0 Å². The van der Waals surface area contributed by atoms with Crippen LogP contribution in [0.1, 0.15) is 64.6 Å². The highest BCUT2D eigenvalue weighted by Crippen LogP contribution is 2.50. The van der Waals surface area contributed by atoms with Gasteiger partial charge in [-0.25, -0.2) is 0 Å². The monoisotopic (exact) mass is 542 g/mol. The van der Waals surface area contributed by atoms with Crippen LogP contribution in [0.2, 0.25) is 0 Å². The maximum Gasteiger partial charge on any atom is 0.201 e. The van der Waals surface area contributed by atoms with E-state index in [1.165, 1.54) is 24.3 Å². The first-order valence-electron chi connectivity index (χ1n) is 12.0. The third-order valence-electron chi connectivity index (χ3n) is 6.99. The Kier molecular flexibility index (Phi) is 6.08. The molecule has 0 saturated heterocycles. The van der Waals surface area contributed by atoms with Gasteiger partial charge in [0.05, 0.1) is 32.8 Å². The van der Waals surface area contributed by atoms with Gasteiger partial charge in [-0.1, -0.05) is 48.5 Å². The van der Waals surface area contributed by atoms with E-state index in [-0.39, 0.29) is 55.8 Å². The zero-order chi connectivity index (χ0) is 26.6. The summed E-state index contributed by atoms with van der Waals surface area (Å²) in [5.74, 6) is 0.0829. The summed E-state index contributed by atoms with van der Waals surface area (Å²) in [6.45, 7) is 0. The number of fused-ring (bicyclic) bond motifs is 4. The van der Waals surface area contributed by atoms with Crippen LogP contribution < -0.4 is 0 Å². The Bertz CT molecular complexity index is 1400. The average molecular weight is 543 g/mol. The minimum atomic E-state index is -0.392. The van der Waals surface area contributed by atoms with E-state index in [0.717, 1.165) is 0 Å². The summed E-state index contributed by atoms with van der Waals surface area (Å²) in [5, 5.41) is 41.4. The molecule has 0 radical (unpaired) electrons. The average Bonchev–Trinajstić information content (AvgIpc) is 2.89. The fourth-order valence-corrected chi connectivity index (χ4v) is 8.11. The molecular weight excluding hydrogens is 520 g/mol. The van der Waals surface area contributed by atoms with Gasteiger partial charge in [-0.05, 0) is 46.5 Å². The standard InChI is InChI=1S/C30H22O6S2/c31-19-9-1-5-15-23(19)27(35)24-16(6-2-10-20(24)32)29(15)37-13-14-38-30-17-7-3-11-21(33)25(17)28(36)26-18(30)8-4-12-22(26)34/h1-12,29-34H,13-14H2. The van der Waals surface area contributed by atoms with Crippen molar-refractivity contribution in [3.8, 4) is 23.0 Å². The number of phenols is 4. The van der Waals surface area contributed by atoms with Crippen LogP contribution in [0.5, 0.6) is 23.0 Å². The molecule has 190 valence electrons. The molecule has 4 aromatic carbocycles. The third-order valence-corrected chi connectivity index (χ3v) is 9.81. The lowest BCUT2D eigenvalue weighted by Crippen LogP contribution is -2.19. The lowest BCUT2D eigenvalue weighted by Gasteiger charge is -2.29. The fourth-order valence-electron chi connectivity index (χ4n) is 5.37. The molecule has 0 spiro atoms. The predicted octanol–water partition coefficient (Wildman–Crippen LogP) is 5.94. The summed E-state index contributed by atoms with van der Waals surface area (Å²) in [5.41, 5.74) is 3.68. The highest BCUT2D eigenvalue weighted by atomic mass is 32.2. The van der Waals surface area contributed by atoms with E-state index in [0.29, 0.717) is 33.8 Å². The fraction of sp³-hybridized carbons (Fsp3) is 0.133. The Labute approximate surface area is 227 Å². The van der Waals surface area contributed by atoms with Gasteiger partial charge in [0.2, 0.25) is 11.6 Å². The van der Waals surface area contributed by atoms with Crippen molar-refractivity contribution in [1.29, 1.82) is 0 Å². The van der Waals surface area contributed by atoms with Crippen molar-refractivity contribution in [2.45, 2.75) is 10.5 Å². The van der Waals surface area contributed by atoms with E-state index in [2.05, 4.69) is 0 Å². The highest BCUT2D eigenvalue weighted by Gasteiger charge is 2.37. The number of aromatic hydroxyl groups is 4. The molecule has 0 amide bonds. The van der Waals surface area contributed by atoms with Crippen LogP contribution in [-0.4, -0.2) is 43.5 Å². The molecule has 0 fully saturated rings. The predicted molar refractivity (Wildman–Crippen MR) is 148 cm³/mol.